The number of carbonyl (C=O) groups is 2. The summed E-state index contributed by atoms with van der Waals surface area (Å²) in [6.45, 7) is 8.03. The Bertz CT molecular complexity index is 372. The first-order valence-corrected chi connectivity index (χ1v) is 9.56. The summed E-state index contributed by atoms with van der Waals surface area (Å²) in [5, 5.41) is 2.14. The number of rotatable bonds is 9. The highest BCUT2D eigenvalue weighted by atomic mass is 32.2. The molecule has 0 spiro atoms. The highest BCUT2D eigenvalue weighted by Crippen LogP contribution is 2.50. The van der Waals surface area contributed by atoms with Gasteiger partial charge in [-0.15, -0.1) is 11.8 Å². The third kappa shape index (κ3) is 3.33. The highest BCUT2D eigenvalue weighted by Gasteiger charge is 2.54. The Hall–Kier alpha value is -0.220. The topological polar surface area (TPSA) is 34.1 Å². The summed E-state index contributed by atoms with van der Waals surface area (Å²) < 4.78 is -0.839. The smallest absolute Gasteiger partial charge is 0.157 e. The molecule has 1 unspecified atom stereocenters. The Morgan fingerprint density at radius 1 is 1.15 bits per heavy atom. The van der Waals surface area contributed by atoms with Crippen LogP contribution in [0.2, 0.25) is 0 Å². The normalized spacial score (nSPS) is 20.8. The molecule has 0 bridgehead atoms. The van der Waals surface area contributed by atoms with Gasteiger partial charge in [0, 0.05) is 12.8 Å². The molecule has 1 aliphatic heterocycles. The van der Waals surface area contributed by atoms with E-state index in [4.69, 9.17) is 0 Å². The van der Waals surface area contributed by atoms with Gasteiger partial charge in [-0.05, 0) is 29.6 Å². The molecule has 114 valence electrons. The van der Waals surface area contributed by atoms with Crippen molar-refractivity contribution in [2.75, 3.05) is 5.75 Å². The number of thioether (sulfide) groups is 2. The molecule has 0 fully saturated rings. The molecular formula is C16H26O2S2. The standard InChI is InChI=1S/C16H26O2S2/c1-5-9-12-11-20-16(13(17)7-3,14(18)8-4)15(12)19-10-6-2/h11,15H,5-10H2,1-4H3. The van der Waals surface area contributed by atoms with E-state index in [0.29, 0.717) is 12.8 Å². The summed E-state index contributed by atoms with van der Waals surface area (Å²) in [5.74, 6) is 1.21. The summed E-state index contributed by atoms with van der Waals surface area (Å²) >= 11 is 3.28. The van der Waals surface area contributed by atoms with Gasteiger partial charge in [0.05, 0.1) is 5.25 Å². The highest BCUT2D eigenvalue weighted by molar-refractivity contribution is 8.08. The second-order valence-electron chi connectivity index (χ2n) is 5.10. The van der Waals surface area contributed by atoms with Crippen molar-refractivity contribution in [3.63, 3.8) is 0 Å². The van der Waals surface area contributed by atoms with Gasteiger partial charge < -0.3 is 0 Å². The zero-order valence-corrected chi connectivity index (χ0v) is 14.7. The molecule has 0 saturated carbocycles. The third-order valence-electron chi connectivity index (χ3n) is 3.60. The van der Waals surface area contributed by atoms with Gasteiger partial charge in [-0.25, -0.2) is 0 Å². The van der Waals surface area contributed by atoms with Gasteiger partial charge in [0.1, 0.15) is 0 Å². The lowest BCUT2D eigenvalue weighted by atomic mass is 9.86. The van der Waals surface area contributed by atoms with Gasteiger partial charge in [-0.1, -0.05) is 34.1 Å². The monoisotopic (exact) mass is 314 g/mol. The lowest BCUT2D eigenvalue weighted by molar-refractivity contribution is -0.130. The molecule has 1 rings (SSSR count). The molecule has 4 heteroatoms. The second kappa shape index (κ2) is 8.28. The predicted molar refractivity (Wildman–Crippen MR) is 90.4 cm³/mol. The van der Waals surface area contributed by atoms with E-state index in [9.17, 15) is 9.59 Å². The van der Waals surface area contributed by atoms with Crippen LogP contribution in [0, 0.1) is 0 Å². The van der Waals surface area contributed by atoms with E-state index in [1.165, 1.54) is 17.3 Å². The molecule has 0 saturated heterocycles. The molecule has 20 heavy (non-hydrogen) atoms. The Morgan fingerprint density at radius 3 is 2.20 bits per heavy atom. The van der Waals surface area contributed by atoms with Crippen LogP contribution in [-0.2, 0) is 9.59 Å². The minimum absolute atomic E-state index is 0.0484. The fourth-order valence-electron chi connectivity index (χ4n) is 2.60. The van der Waals surface area contributed by atoms with Gasteiger partial charge in [0.2, 0.25) is 0 Å². The van der Waals surface area contributed by atoms with Crippen LogP contribution in [0.1, 0.15) is 59.8 Å². The van der Waals surface area contributed by atoms with Crippen molar-refractivity contribution in [3.05, 3.63) is 11.0 Å². The van der Waals surface area contributed by atoms with E-state index in [1.54, 1.807) is 11.8 Å². The van der Waals surface area contributed by atoms with Crippen molar-refractivity contribution in [3.8, 4) is 0 Å². The van der Waals surface area contributed by atoms with Gasteiger partial charge in [-0.2, -0.15) is 11.8 Å². The van der Waals surface area contributed by atoms with Gasteiger partial charge in [0.25, 0.3) is 0 Å². The minimum atomic E-state index is -0.839. The van der Waals surface area contributed by atoms with Crippen molar-refractivity contribution in [2.24, 2.45) is 0 Å². The van der Waals surface area contributed by atoms with Crippen LogP contribution in [0.15, 0.2) is 11.0 Å². The lowest BCUT2D eigenvalue weighted by Crippen LogP contribution is -2.49. The molecule has 0 amide bonds. The SMILES string of the molecule is CCCSC1C(CCC)=CSC1(C(=O)CC)C(=O)CC. The molecule has 0 radical (unpaired) electrons. The minimum Gasteiger partial charge on any atom is -0.298 e. The number of ketones is 2. The molecule has 1 atom stereocenters. The van der Waals surface area contributed by atoms with Crippen LogP contribution < -0.4 is 0 Å². The van der Waals surface area contributed by atoms with Gasteiger partial charge >= 0.3 is 0 Å². The largest absolute Gasteiger partial charge is 0.298 e. The third-order valence-corrected chi connectivity index (χ3v) is 6.87. The summed E-state index contributed by atoms with van der Waals surface area (Å²) in [4.78, 5) is 25.1. The summed E-state index contributed by atoms with van der Waals surface area (Å²) in [6.07, 6.45) is 4.00. The molecular weight excluding hydrogens is 288 g/mol. The average Bonchev–Trinajstić information content (AvgIpc) is 2.83. The zero-order valence-electron chi connectivity index (χ0n) is 13.0. The van der Waals surface area contributed by atoms with E-state index in [0.717, 1.165) is 25.0 Å². The van der Waals surface area contributed by atoms with E-state index in [2.05, 4.69) is 19.3 Å². The van der Waals surface area contributed by atoms with E-state index >= 15 is 0 Å². The lowest BCUT2D eigenvalue weighted by Gasteiger charge is -2.33. The molecule has 1 heterocycles. The Kier molecular flexibility index (Phi) is 7.38. The molecule has 0 aromatic rings. The van der Waals surface area contributed by atoms with Crippen LogP contribution in [0.3, 0.4) is 0 Å². The van der Waals surface area contributed by atoms with Crippen LogP contribution in [0.4, 0.5) is 0 Å². The maximum absolute atomic E-state index is 12.6. The zero-order chi connectivity index (χ0) is 15.2. The van der Waals surface area contributed by atoms with Crippen LogP contribution in [0.5, 0.6) is 0 Å². The van der Waals surface area contributed by atoms with Crippen LogP contribution in [-0.4, -0.2) is 27.3 Å². The van der Waals surface area contributed by atoms with E-state index in [-0.39, 0.29) is 16.8 Å². The molecule has 0 aromatic heterocycles. The van der Waals surface area contributed by atoms with Crippen molar-refractivity contribution < 1.29 is 9.59 Å². The van der Waals surface area contributed by atoms with Crippen molar-refractivity contribution in [1.82, 2.24) is 0 Å². The first-order valence-electron chi connectivity index (χ1n) is 7.63. The molecule has 0 aromatic carbocycles. The molecule has 0 N–H and O–H groups in total. The number of hydrogen-bond acceptors (Lipinski definition) is 4. The van der Waals surface area contributed by atoms with E-state index in [1.807, 2.05) is 13.8 Å². The van der Waals surface area contributed by atoms with Crippen LogP contribution in [0.25, 0.3) is 0 Å². The van der Waals surface area contributed by atoms with Crippen molar-refractivity contribution >= 4 is 35.1 Å². The Labute approximate surface area is 131 Å². The van der Waals surface area contributed by atoms with Crippen LogP contribution >= 0.6 is 23.5 Å². The number of Topliss-reactive ketones (excluding diaryl/α,β-unsaturated/α-hetero) is 2. The Balaban J connectivity index is 3.14. The first-order chi connectivity index (χ1) is 9.58. The summed E-state index contributed by atoms with van der Waals surface area (Å²) in [5.41, 5.74) is 1.29. The second-order valence-corrected chi connectivity index (χ2v) is 7.43. The van der Waals surface area contributed by atoms with Crippen molar-refractivity contribution in [2.45, 2.75) is 69.8 Å². The van der Waals surface area contributed by atoms with Gasteiger partial charge in [0.15, 0.2) is 16.3 Å². The molecule has 2 nitrogen and oxygen atoms in total. The number of carbonyl (C=O) groups excluding carboxylic acids is 2. The predicted octanol–water partition coefficient (Wildman–Crippen LogP) is 4.63. The molecule has 0 aliphatic carbocycles. The Morgan fingerprint density at radius 2 is 1.75 bits per heavy atom. The summed E-state index contributed by atoms with van der Waals surface area (Å²) in [7, 11) is 0. The fourth-order valence-corrected chi connectivity index (χ4v) is 5.84. The quantitative estimate of drug-likeness (QED) is 0.581. The first kappa shape index (κ1) is 17.8. The maximum atomic E-state index is 12.6. The van der Waals surface area contributed by atoms with Gasteiger partial charge in [-0.3, -0.25) is 9.59 Å². The number of hydrogen-bond donors (Lipinski definition) is 0. The maximum Gasteiger partial charge on any atom is 0.157 e. The molecule has 1 aliphatic rings. The van der Waals surface area contributed by atoms with Crippen molar-refractivity contribution in [1.29, 1.82) is 0 Å². The summed E-state index contributed by atoms with van der Waals surface area (Å²) in [6, 6.07) is 0. The fraction of sp³-hybridized carbons (Fsp3) is 0.750. The average molecular weight is 315 g/mol. The van der Waals surface area contributed by atoms with E-state index < -0.39 is 4.75 Å².